The van der Waals surface area contributed by atoms with E-state index >= 15 is 0 Å². The number of benzene rings is 1. The summed E-state index contributed by atoms with van der Waals surface area (Å²) in [7, 11) is 0. The van der Waals surface area contributed by atoms with Crippen LogP contribution in [-0.4, -0.2) is 77.6 Å². The number of aliphatic hydroxyl groups excluding tert-OH is 2. The maximum absolute atomic E-state index is 13.3. The molecule has 1 saturated heterocycles. The predicted octanol–water partition coefficient (Wildman–Crippen LogP) is 2.26. The Bertz CT molecular complexity index is 871. The van der Waals surface area contributed by atoms with Crippen molar-refractivity contribution in [2.45, 2.75) is 63.9 Å². The Labute approximate surface area is 214 Å². The number of hydrogen-bond donors (Lipinski definition) is 3. The van der Waals surface area contributed by atoms with Crippen molar-refractivity contribution in [2.24, 2.45) is 5.92 Å². The highest BCUT2D eigenvalue weighted by molar-refractivity contribution is 14.1. The number of rotatable bonds is 10. The molecule has 0 unspecified atom stereocenters. The molecule has 0 spiro atoms. The van der Waals surface area contributed by atoms with Gasteiger partial charge in [0.25, 0.3) is 0 Å². The molecule has 8 nitrogen and oxygen atoms in total. The molecule has 1 aliphatic carbocycles. The van der Waals surface area contributed by atoms with Crippen molar-refractivity contribution in [2.75, 3.05) is 26.3 Å². The largest absolute Gasteiger partial charge is 0.482 e. The van der Waals surface area contributed by atoms with E-state index in [1.807, 2.05) is 38.1 Å². The molecular weight excluding hydrogens is 551 g/mol. The molecule has 2 amide bonds. The van der Waals surface area contributed by atoms with Crippen molar-refractivity contribution < 1.29 is 29.3 Å². The maximum Gasteiger partial charge on any atom is 0.247 e. The number of nitrogens with one attached hydrogen (secondary N) is 1. The summed E-state index contributed by atoms with van der Waals surface area (Å²) in [4.78, 5) is 27.8. The van der Waals surface area contributed by atoms with Gasteiger partial charge in [-0.3, -0.25) is 9.59 Å². The fraction of sp³-hybridized carbons (Fsp3) is 0.600. The number of ether oxygens (including phenoxy) is 2. The second kappa shape index (κ2) is 12.9. The van der Waals surface area contributed by atoms with Gasteiger partial charge in [-0.1, -0.05) is 26.0 Å². The highest BCUT2D eigenvalue weighted by Crippen LogP contribution is 2.31. The maximum atomic E-state index is 13.3. The minimum Gasteiger partial charge on any atom is -0.482 e. The lowest BCUT2D eigenvalue weighted by atomic mass is 9.87. The Hall–Kier alpha value is -1.69. The molecule has 1 fully saturated rings. The van der Waals surface area contributed by atoms with E-state index in [4.69, 9.17) is 14.6 Å². The minimum absolute atomic E-state index is 0.0698. The summed E-state index contributed by atoms with van der Waals surface area (Å²) in [6, 6.07) is 6.81. The molecule has 4 atom stereocenters. The molecule has 188 valence electrons. The van der Waals surface area contributed by atoms with Crippen molar-refractivity contribution >= 4 is 34.4 Å². The van der Waals surface area contributed by atoms with E-state index in [1.54, 1.807) is 11.0 Å². The number of amides is 2. The molecule has 0 radical (unpaired) electrons. The van der Waals surface area contributed by atoms with Crippen LogP contribution >= 0.6 is 22.6 Å². The van der Waals surface area contributed by atoms with Crippen LogP contribution in [0.4, 0.5) is 0 Å². The van der Waals surface area contributed by atoms with E-state index < -0.39 is 18.2 Å². The fourth-order valence-electron chi connectivity index (χ4n) is 4.36. The number of nitrogens with zero attached hydrogens (tertiary/aromatic N) is 1. The number of halogens is 1. The zero-order chi connectivity index (χ0) is 24.7. The normalized spacial score (nSPS) is 24.6. The van der Waals surface area contributed by atoms with E-state index in [0.717, 1.165) is 16.4 Å². The van der Waals surface area contributed by atoms with E-state index in [1.165, 1.54) is 0 Å². The van der Waals surface area contributed by atoms with Gasteiger partial charge in [-0.2, -0.15) is 0 Å². The standard InChI is InChI=1S/C25H35IN2O6/c1-16(2)12-23(30)28(15-18-6-5-11-33-18)20-13-17(25(32)27-9-10-29)14-22(24(20)31)34-21-8-4-3-7-19(21)26/h3-4,7-8,14,16,18,20,22,24,29,31H,5-6,9-13,15H2,1-2H3,(H,27,32)/t18-,20-,22+,24+/m1/s1. The number of aliphatic hydroxyl groups is 2. The number of carbonyl (C=O) groups excluding carboxylic acids is 2. The van der Waals surface area contributed by atoms with E-state index in [9.17, 15) is 14.7 Å². The summed E-state index contributed by atoms with van der Waals surface area (Å²) in [5, 5.41) is 23.2. The molecule has 34 heavy (non-hydrogen) atoms. The van der Waals surface area contributed by atoms with Crippen molar-refractivity contribution in [1.29, 1.82) is 0 Å². The van der Waals surface area contributed by atoms with E-state index in [-0.39, 0.29) is 43.4 Å². The van der Waals surface area contributed by atoms with Gasteiger partial charge in [-0.15, -0.1) is 0 Å². The van der Waals surface area contributed by atoms with Gasteiger partial charge in [0.2, 0.25) is 11.8 Å². The zero-order valence-electron chi connectivity index (χ0n) is 19.8. The number of carbonyl (C=O) groups is 2. The number of para-hydroxylation sites is 1. The number of hydrogen-bond acceptors (Lipinski definition) is 6. The molecular formula is C25H35IN2O6. The molecule has 1 aromatic carbocycles. The minimum atomic E-state index is -1.03. The molecule has 1 aliphatic heterocycles. The van der Waals surface area contributed by atoms with Crippen molar-refractivity contribution in [3.8, 4) is 5.75 Å². The quantitative estimate of drug-likeness (QED) is 0.364. The van der Waals surface area contributed by atoms with Crippen LogP contribution in [0.1, 0.15) is 39.5 Å². The topological polar surface area (TPSA) is 108 Å². The Kier molecular flexibility index (Phi) is 10.2. The summed E-state index contributed by atoms with van der Waals surface area (Å²) in [6.45, 7) is 4.95. The van der Waals surface area contributed by atoms with Crippen LogP contribution in [0.25, 0.3) is 0 Å². The van der Waals surface area contributed by atoms with Crippen LogP contribution < -0.4 is 10.1 Å². The molecule has 0 aromatic heterocycles. The second-order valence-corrected chi connectivity index (χ2v) is 10.4. The van der Waals surface area contributed by atoms with Gasteiger partial charge in [0.1, 0.15) is 18.0 Å². The van der Waals surface area contributed by atoms with Gasteiger partial charge < -0.3 is 29.9 Å². The summed E-state index contributed by atoms with van der Waals surface area (Å²) in [5.74, 6) is 0.342. The van der Waals surface area contributed by atoms with Gasteiger partial charge in [0.05, 0.1) is 22.3 Å². The first-order chi connectivity index (χ1) is 16.3. The lowest BCUT2D eigenvalue weighted by Crippen LogP contribution is -2.56. The first-order valence-electron chi connectivity index (χ1n) is 11.9. The Morgan fingerprint density at radius 1 is 1.32 bits per heavy atom. The highest BCUT2D eigenvalue weighted by Gasteiger charge is 2.41. The van der Waals surface area contributed by atoms with Gasteiger partial charge in [0.15, 0.2) is 0 Å². The molecule has 1 aromatic rings. The molecule has 9 heteroatoms. The first kappa shape index (κ1) is 26.9. The van der Waals surface area contributed by atoms with Gasteiger partial charge in [-0.25, -0.2) is 0 Å². The van der Waals surface area contributed by atoms with Crippen LogP contribution in [0.3, 0.4) is 0 Å². The highest BCUT2D eigenvalue weighted by atomic mass is 127. The third-order valence-corrected chi connectivity index (χ3v) is 6.93. The average molecular weight is 586 g/mol. The molecule has 3 rings (SSSR count). The third-order valence-electron chi connectivity index (χ3n) is 6.04. The summed E-state index contributed by atoms with van der Waals surface area (Å²) >= 11 is 2.16. The van der Waals surface area contributed by atoms with Crippen molar-refractivity contribution in [3.05, 3.63) is 39.5 Å². The monoisotopic (exact) mass is 586 g/mol. The van der Waals surface area contributed by atoms with Crippen molar-refractivity contribution in [1.82, 2.24) is 10.2 Å². The lowest BCUT2D eigenvalue weighted by Gasteiger charge is -2.41. The first-order valence-corrected chi connectivity index (χ1v) is 13.0. The second-order valence-electron chi connectivity index (χ2n) is 9.23. The van der Waals surface area contributed by atoms with Gasteiger partial charge >= 0.3 is 0 Å². The third kappa shape index (κ3) is 7.16. The SMILES string of the molecule is CC(C)CC(=O)N(C[C@H]1CCCO1)[C@@H]1CC(C(=O)NCCO)=C[C@H](Oc2ccccc2I)[C@H]1O. The Morgan fingerprint density at radius 3 is 2.74 bits per heavy atom. The fourth-order valence-corrected chi connectivity index (χ4v) is 4.88. The zero-order valence-corrected chi connectivity index (χ0v) is 21.9. The molecule has 3 N–H and O–H groups in total. The molecule has 0 saturated carbocycles. The van der Waals surface area contributed by atoms with Crippen LogP contribution in [0, 0.1) is 9.49 Å². The average Bonchev–Trinajstić information content (AvgIpc) is 3.31. The summed E-state index contributed by atoms with van der Waals surface area (Å²) in [6.07, 6.45) is 2.04. The smallest absolute Gasteiger partial charge is 0.247 e. The summed E-state index contributed by atoms with van der Waals surface area (Å²) < 4.78 is 12.8. The summed E-state index contributed by atoms with van der Waals surface area (Å²) in [5.41, 5.74) is 0.425. The predicted molar refractivity (Wildman–Crippen MR) is 136 cm³/mol. The van der Waals surface area contributed by atoms with Gasteiger partial charge in [-0.05, 0) is 59.6 Å². The van der Waals surface area contributed by atoms with Crippen LogP contribution in [0.2, 0.25) is 0 Å². The Morgan fingerprint density at radius 2 is 2.09 bits per heavy atom. The molecule has 1 heterocycles. The van der Waals surface area contributed by atoms with Gasteiger partial charge in [0, 0.05) is 38.1 Å². The van der Waals surface area contributed by atoms with Crippen LogP contribution in [0.15, 0.2) is 35.9 Å². The molecule has 0 bridgehead atoms. The van der Waals surface area contributed by atoms with Crippen LogP contribution in [0.5, 0.6) is 5.75 Å². The van der Waals surface area contributed by atoms with E-state index in [0.29, 0.717) is 30.9 Å². The van der Waals surface area contributed by atoms with Crippen molar-refractivity contribution in [3.63, 3.8) is 0 Å². The molecule has 2 aliphatic rings. The van der Waals surface area contributed by atoms with Crippen LogP contribution in [-0.2, 0) is 14.3 Å². The Balaban J connectivity index is 1.92. The lowest BCUT2D eigenvalue weighted by molar-refractivity contribution is -0.141. The van der Waals surface area contributed by atoms with E-state index in [2.05, 4.69) is 27.9 Å².